The molecule has 0 spiro atoms. The summed E-state index contributed by atoms with van der Waals surface area (Å²) >= 11 is 0. The van der Waals surface area contributed by atoms with Gasteiger partial charge in [0.2, 0.25) is 11.8 Å². The van der Waals surface area contributed by atoms with Crippen molar-refractivity contribution in [1.29, 1.82) is 0 Å². The minimum absolute atomic E-state index is 0.0666. The molecular formula is C35H39N3O5S. The molecule has 2 amide bonds. The Morgan fingerprint density at radius 3 is 2.14 bits per heavy atom. The van der Waals surface area contributed by atoms with Gasteiger partial charge in [0.1, 0.15) is 18.3 Å². The number of rotatable bonds is 14. The number of anilines is 1. The van der Waals surface area contributed by atoms with Crippen LogP contribution >= 0.6 is 0 Å². The van der Waals surface area contributed by atoms with E-state index in [0.717, 1.165) is 21.9 Å². The Kier molecular flexibility index (Phi) is 11.2. The topological polar surface area (TPSA) is 96.0 Å². The van der Waals surface area contributed by atoms with E-state index in [1.54, 1.807) is 56.5 Å². The third-order valence-corrected chi connectivity index (χ3v) is 9.08. The standard InChI is InChI=1S/C35H39N3O5S/c1-4-22-36-35(40)33(24-28-15-7-5-8-16-28)37(25-29-17-13-18-30(23-29)43-3)34(39)26-38(32-21-12-11-14-27(32)2)44(41,42)31-19-9-6-10-20-31/h5-21,23,33H,4,22,24-26H2,1-3H3,(H,36,40). The molecule has 0 fully saturated rings. The van der Waals surface area contributed by atoms with Gasteiger partial charge in [0, 0.05) is 19.5 Å². The smallest absolute Gasteiger partial charge is 0.264 e. The number of para-hydroxylation sites is 1. The maximum atomic E-state index is 14.5. The van der Waals surface area contributed by atoms with E-state index in [0.29, 0.717) is 23.5 Å². The van der Waals surface area contributed by atoms with Gasteiger partial charge in [-0.2, -0.15) is 0 Å². The molecule has 0 aromatic heterocycles. The minimum atomic E-state index is -4.14. The van der Waals surface area contributed by atoms with Crippen LogP contribution in [0.25, 0.3) is 0 Å². The molecule has 1 unspecified atom stereocenters. The number of hydrogen-bond donors (Lipinski definition) is 1. The predicted octanol–water partition coefficient (Wildman–Crippen LogP) is 5.37. The van der Waals surface area contributed by atoms with Gasteiger partial charge in [-0.25, -0.2) is 8.42 Å². The third kappa shape index (κ3) is 8.05. The number of nitrogens with one attached hydrogen (secondary N) is 1. The summed E-state index contributed by atoms with van der Waals surface area (Å²) in [5.41, 5.74) is 2.70. The number of nitrogens with zero attached hydrogens (tertiary/aromatic N) is 2. The van der Waals surface area contributed by atoms with Crippen molar-refractivity contribution in [3.05, 3.63) is 126 Å². The highest BCUT2D eigenvalue weighted by atomic mass is 32.2. The van der Waals surface area contributed by atoms with Gasteiger partial charge < -0.3 is 15.0 Å². The molecule has 0 aliphatic carbocycles. The lowest BCUT2D eigenvalue weighted by molar-refractivity contribution is -0.140. The van der Waals surface area contributed by atoms with Crippen molar-refractivity contribution in [2.24, 2.45) is 0 Å². The second-order valence-electron chi connectivity index (χ2n) is 10.5. The van der Waals surface area contributed by atoms with Crippen LogP contribution in [0.3, 0.4) is 0 Å². The first kappa shape index (κ1) is 32.3. The molecule has 8 nitrogen and oxygen atoms in total. The second-order valence-corrected chi connectivity index (χ2v) is 12.3. The molecular weight excluding hydrogens is 574 g/mol. The van der Waals surface area contributed by atoms with Crippen LogP contribution in [-0.4, -0.2) is 51.4 Å². The van der Waals surface area contributed by atoms with E-state index in [1.807, 2.05) is 61.5 Å². The number of carbonyl (C=O) groups is 2. The molecule has 44 heavy (non-hydrogen) atoms. The normalized spacial score (nSPS) is 11.8. The van der Waals surface area contributed by atoms with Gasteiger partial charge in [0.15, 0.2) is 0 Å². The molecule has 4 rings (SSSR count). The maximum Gasteiger partial charge on any atom is 0.264 e. The van der Waals surface area contributed by atoms with E-state index in [4.69, 9.17) is 4.74 Å². The van der Waals surface area contributed by atoms with Crippen molar-refractivity contribution in [3.63, 3.8) is 0 Å². The van der Waals surface area contributed by atoms with Crippen LogP contribution in [0.1, 0.15) is 30.0 Å². The fourth-order valence-electron chi connectivity index (χ4n) is 4.96. The summed E-state index contributed by atoms with van der Waals surface area (Å²) in [6.07, 6.45) is 0.978. The van der Waals surface area contributed by atoms with E-state index < -0.39 is 28.5 Å². The van der Waals surface area contributed by atoms with Crippen LogP contribution in [0.5, 0.6) is 5.75 Å². The van der Waals surface area contributed by atoms with E-state index in [1.165, 1.54) is 17.0 Å². The number of ether oxygens (including phenoxy) is 1. The quantitative estimate of drug-likeness (QED) is 0.207. The Morgan fingerprint density at radius 2 is 1.48 bits per heavy atom. The lowest BCUT2D eigenvalue weighted by atomic mass is 10.0. The first-order valence-electron chi connectivity index (χ1n) is 14.6. The molecule has 0 saturated heterocycles. The molecule has 0 heterocycles. The van der Waals surface area contributed by atoms with Crippen molar-refractivity contribution in [2.45, 2.75) is 44.2 Å². The number of hydrogen-bond acceptors (Lipinski definition) is 5. The summed E-state index contributed by atoms with van der Waals surface area (Å²) in [5, 5.41) is 2.96. The van der Waals surface area contributed by atoms with Crippen LogP contribution < -0.4 is 14.4 Å². The zero-order valence-corrected chi connectivity index (χ0v) is 26.2. The number of benzene rings is 4. The van der Waals surface area contributed by atoms with E-state index in [-0.39, 0.29) is 23.8 Å². The zero-order chi connectivity index (χ0) is 31.5. The Balaban J connectivity index is 1.81. The molecule has 1 atom stereocenters. The van der Waals surface area contributed by atoms with Crippen molar-refractivity contribution in [2.75, 3.05) is 24.5 Å². The molecule has 4 aromatic carbocycles. The number of carbonyl (C=O) groups excluding carboxylic acids is 2. The summed E-state index contributed by atoms with van der Waals surface area (Å²) in [7, 11) is -2.58. The monoisotopic (exact) mass is 613 g/mol. The first-order chi connectivity index (χ1) is 21.2. The van der Waals surface area contributed by atoms with Gasteiger partial charge in [-0.15, -0.1) is 0 Å². The summed E-state index contributed by atoms with van der Waals surface area (Å²) in [5.74, 6) is -0.207. The maximum absolute atomic E-state index is 14.5. The van der Waals surface area contributed by atoms with Crippen LogP contribution in [0.15, 0.2) is 114 Å². The molecule has 0 bridgehead atoms. The summed E-state index contributed by atoms with van der Waals surface area (Å²) in [6.45, 7) is 3.78. The van der Waals surface area contributed by atoms with Gasteiger partial charge in [-0.3, -0.25) is 13.9 Å². The highest BCUT2D eigenvalue weighted by Gasteiger charge is 2.35. The van der Waals surface area contributed by atoms with Crippen molar-refractivity contribution in [3.8, 4) is 5.75 Å². The van der Waals surface area contributed by atoms with Gasteiger partial charge in [0.05, 0.1) is 17.7 Å². The summed E-state index contributed by atoms with van der Waals surface area (Å²) < 4.78 is 34.7. The number of sulfonamides is 1. The number of methoxy groups -OCH3 is 1. The van der Waals surface area contributed by atoms with E-state index in [9.17, 15) is 18.0 Å². The SMILES string of the molecule is CCCNC(=O)C(Cc1ccccc1)N(Cc1cccc(OC)c1)C(=O)CN(c1ccccc1C)S(=O)(=O)c1ccccc1. The molecule has 1 N–H and O–H groups in total. The van der Waals surface area contributed by atoms with Crippen LogP contribution in [0.4, 0.5) is 5.69 Å². The van der Waals surface area contributed by atoms with Crippen molar-refractivity contribution >= 4 is 27.5 Å². The Morgan fingerprint density at radius 1 is 0.841 bits per heavy atom. The average molecular weight is 614 g/mol. The largest absolute Gasteiger partial charge is 0.497 e. The zero-order valence-electron chi connectivity index (χ0n) is 25.3. The fourth-order valence-corrected chi connectivity index (χ4v) is 6.46. The Bertz CT molecular complexity index is 1650. The minimum Gasteiger partial charge on any atom is -0.497 e. The highest BCUT2D eigenvalue weighted by molar-refractivity contribution is 7.92. The van der Waals surface area contributed by atoms with Gasteiger partial charge in [-0.1, -0.05) is 85.8 Å². The Hall–Kier alpha value is -4.63. The predicted molar refractivity (Wildman–Crippen MR) is 173 cm³/mol. The van der Waals surface area contributed by atoms with Gasteiger partial charge in [0.25, 0.3) is 10.0 Å². The number of aryl methyl sites for hydroxylation is 1. The molecule has 0 aliphatic heterocycles. The molecule has 0 radical (unpaired) electrons. The van der Waals surface area contributed by atoms with Gasteiger partial charge >= 0.3 is 0 Å². The van der Waals surface area contributed by atoms with Crippen LogP contribution in [-0.2, 0) is 32.6 Å². The highest BCUT2D eigenvalue weighted by Crippen LogP contribution is 2.28. The molecule has 4 aromatic rings. The van der Waals surface area contributed by atoms with Crippen LogP contribution in [0, 0.1) is 6.92 Å². The average Bonchev–Trinajstić information content (AvgIpc) is 3.05. The third-order valence-electron chi connectivity index (χ3n) is 7.30. The second kappa shape index (κ2) is 15.2. The summed E-state index contributed by atoms with van der Waals surface area (Å²) in [4.78, 5) is 29.8. The molecule has 230 valence electrons. The number of amides is 2. The Labute approximate surface area is 260 Å². The van der Waals surface area contributed by atoms with Crippen LogP contribution in [0.2, 0.25) is 0 Å². The molecule has 0 aliphatic rings. The lowest BCUT2D eigenvalue weighted by Crippen LogP contribution is -2.53. The molecule has 9 heteroatoms. The fraction of sp³-hybridized carbons (Fsp3) is 0.257. The van der Waals surface area contributed by atoms with Crippen molar-refractivity contribution in [1.82, 2.24) is 10.2 Å². The lowest BCUT2D eigenvalue weighted by Gasteiger charge is -2.34. The first-order valence-corrected chi connectivity index (χ1v) is 16.1. The van der Waals surface area contributed by atoms with E-state index in [2.05, 4.69) is 5.32 Å². The van der Waals surface area contributed by atoms with E-state index >= 15 is 0 Å². The van der Waals surface area contributed by atoms with Crippen molar-refractivity contribution < 1.29 is 22.7 Å². The molecule has 0 saturated carbocycles. The summed E-state index contributed by atoms with van der Waals surface area (Å²) in [6, 6.07) is 31.0. The van der Waals surface area contributed by atoms with Gasteiger partial charge in [-0.05, 0) is 60.4 Å².